The first-order chi connectivity index (χ1) is 9.33. The van der Waals surface area contributed by atoms with Gasteiger partial charge in [0.25, 0.3) is 5.91 Å². The highest BCUT2D eigenvalue weighted by Gasteiger charge is 2.34. The van der Waals surface area contributed by atoms with Gasteiger partial charge in [0.05, 0.1) is 4.88 Å². The summed E-state index contributed by atoms with van der Waals surface area (Å²) in [5.41, 5.74) is 1.32. The Bertz CT molecular complexity index is 482. The molecule has 1 aromatic rings. The lowest BCUT2D eigenvalue weighted by Crippen LogP contribution is -2.49. The quantitative estimate of drug-likeness (QED) is 0.847. The summed E-state index contributed by atoms with van der Waals surface area (Å²) in [5, 5.41) is 2.08. The van der Waals surface area contributed by atoms with E-state index >= 15 is 0 Å². The van der Waals surface area contributed by atoms with Gasteiger partial charge < -0.3 is 4.90 Å². The normalized spacial score (nSPS) is 24.7. The summed E-state index contributed by atoms with van der Waals surface area (Å²) in [7, 11) is 0. The second-order valence-corrected chi connectivity index (χ2v) is 6.95. The van der Waals surface area contributed by atoms with Gasteiger partial charge in [-0.15, -0.1) is 11.3 Å². The van der Waals surface area contributed by atoms with Gasteiger partial charge in [0, 0.05) is 32.2 Å². The molecule has 4 heteroatoms. The Kier molecular flexibility index (Phi) is 2.88. The average molecular weight is 276 g/mol. The number of nitrogens with zero attached hydrogens (tertiary/aromatic N) is 2. The topological polar surface area (TPSA) is 23.6 Å². The van der Waals surface area contributed by atoms with Crippen molar-refractivity contribution in [1.82, 2.24) is 9.80 Å². The van der Waals surface area contributed by atoms with Crippen molar-refractivity contribution < 1.29 is 4.79 Å². The molecule has 2 aliphatic carbocycles. The second kappa shape index (κ2) is 4.60. The number of rotatable bonds is 3. The molecule has 2 saturated carbocycles. The van der Waals surface area contributed by atoms with E-state index in [1.165, 1.54) is 31.2 Å². The third kappa shape index (κ3) is 2.32. The first kappa shape index (κ1) is 11.9. The molecule has 0 aromatic carbocycles. The number of piperazine rings is 1. The fourth-order valence-electron chi connectivity index (χ4n) is 3.08. The standard InChI is InChI=1S/C15H20N2OS/c18-15(14-13(5-10-19-14)11-1-2-11)17-8-6-16(7-9-17)12-3-4-12/h5,10-12H,1-4,6-9H2. The van der Waals surface area contributed by atoms with E-state index in [1.54, 1.807) is 11.3 Å². The maximum atomic E-state index is 12.6. The number of thiophene rings is 1. The van der Waals surface area contributed by atoms with Crippen molar-refractivity contribution in [2.75, 3.05) is 26.2 Å². The van der Waals surface area contributed by atoms with Crippen LogP contribution >= 0.6 is 11.3 Å². The fourth-order valence-corrected chi connectivity index (χ4v) is 4.03. The third-order valence-corrected chi connectivity index (χ3v) is 5.49. The Morgan fingerprint density at radius 2 is 1.84 bits per heavy atom. The predicted molar refractivity (Wildman–Crippen MR) is 76.8 cm³/mol. The van der Waals surface area contributed by atoms with Crippen LogP contribution in [0, 0.1) is 0 Å². The molecule has 0 radical (unpaired) electrons. The predicted octanol–water partition coefficient (Wildman–Crippen LogP) is 2.55. The molecule has 102 valence electrons. The lowest BCUT2D eigenvalue weighted by Gasteiger charge is -2.34. The Morgan fingerprint density at radius 1 is 1.11 bits per heavy atom. The first-order valence-electron chi connectivity index (χ1n) is 7.43. The van der Waals surface area contributed by atoms with Gasteiger partial charge in [-0.2, -0.15) is 0 Å². The van der Waals surface area contributed by atoms with E-state index in [1.807, 2.05) is 0 Å². The van der Waals surface area contributed by atoms with Crippen LogP contribution in [0.15, 0.2) is 11.4 Å². The molecule has 0 N–H and O–H groups in total. The van der Waals surface area contributed by atoms with Crippen molar-refractivity contribution in [3.8, 4) is 0 Å². The summed E-state index contributed by atoms with van der Waals surface area (Å²) in [5.74, 6) is 0.963. The molecule has 1 amide bonds. The van der Waals surface area contributed by atoms with Crippen LogP contribution in [0.2, 0.25) is 0 Å². The van der Waals surface area contributed by atoms with Crippen LogP contribution in [0.25, 0.3) is 0 Å². The van der Waals surface area contributed by atoms with E-state index in [4.69, 9.17) is 0 Å². The molecule has 2 heterocycles. The van der Waals surface area contributed by atoms with Gasteiger partial charge in [-0.1, -0.05) is 0 Å². The van der Waals surface area contributed by atoms with Crippen molar-refractivity contribution in [3.63, 3.8) is 0 Å². The van der Waals surface area contributed by atoms with Crippen molar-refractivity contribution >= 4 is 17.2 Å². The van der Waals surface area contributed by atoms with Gasteiger partial charge in [-0.05, 0) is 48.6 Å². The van der Waals surface area contributed by atoms with E-state index in [-0.39, 0.29) is 5.91 Å². The lowest BCUT2D eigenvalue weighted by atomic mass is 10.1. The van der Waals surface area contributed by atoms with Crippen LogP contribution < -0.4 is 0 Å². The Hall–Kier alpha value is -0.870. The highest BCUT2D eigenvalue weighted by atomic mass is 32.1. The van der Waals surface area contributed by atoms with Gasteiger partial charge in [0.2, 0.25) is 0 Å². The van der Waals surface area contributed by atoms with Gasteiger partial charge in [-0.3, -0.25) is 9.69 Å². The fraction of sp³-hybridized carbons (Fsp3) is 0.667. The molecule has 0 bridgehead atoms. The van der Waals surface area contributed by atoms with E-state index < -0.39 is 0 Å². The van der Waals surface area contributed by atoms with Crippen LogP contribution in [0.1, 0.15) is 46.8 Å². The molecule has 1 aliphatic heterocycles. The zero-order valence-electron chi connectivity index (χ0n) is 11.2. The maximum absolute atomic E-state index is 12.6. The van der Waals surface area contributed by atoms with Crippen molar-refractivity contribution in [3.05, 3.63) is 21.9 Å². The van der Waals surface area contributed by atoms with Crippen molar-refractivity contribution in [2.24, 2.45) is 0 Å². The van der Waals surface area contributed by atoms with Gasteiger partial charge >= 0.3 is 0 Å². The minimum Gasteiger partial charge on any atom is -0.335 e. The van der Waals surface area contributed by atoms with Crippen LogP contribution in [-0.2, 0) is 0 Å². The molecule has 0 spiro atoms. The van der Waals surface area contributed by atoms with E-state index in [0.29, 0.717) is 5.92 Å². The van der Waals surface area contributed by atoms with E-state index in [2.05, 4.69) is 21.2 Å². The Balaban J connectivity index is 1.44. The van der Waals surface area contributed by atoms with E-state index in [9.17, 15) is 4.79 Å². The summed E-state index contributed by atoms with van der Waals surface area (Å²) in [6, 6.07) is 3.00. The molecule has 1 saturated heterocycles. The molecule has 4 rings (SSSR count). The molecule has 0 atom stereocenters. The summed E-state index contributed by atoms with van der Waals surface area (Å²) in [6.07, 6.45) is 5.27. The average Bonchev–Trinajstić information content (AvgIpc) is 3.37. The third-order valence-electron chi connectivity index (χ3n) is 4.57. The zero-order chi connectivity index (χ0) is 12.8. The second-order valence-electron chi connectivity index (χ2n) is 6.04. The van der Waals surface area contributed by atoms with Crippen molar-refractivity contribution in [1.29, 1.82) is 0 Å². The minimum absolute atomic E-state index is 0.285. The highest BCUT2D eigenvalue weighted by molar-refractivity contribution is 7.12. The van der Waals surface area contributed by atoms with Gasteiger partial charge in [-0.25, -0.2) is 0 Å². The zero-order valence-corrected chi connectivity index (χ0v) is 12.0. The number of carbonyl (C=O) groups is 1. The van der Waals surface area contributed by atoms with Crippen molar-refractivity contribution in [2.45, 2.75) is 37.6 Å². The molecule has 3 fully saturated rings. The Labute approximate surface area is 118 Å². The lowest BCUT2D eigenvalue weighted by molar-refractivity contribution is 0.0631. The van der Waals surface area contributed by atoms with Crippen LogP contribution in [-0.4, -0.2) is 47.9 Å². The number of carbonyl (C=O) groups excluding carboxylic acids is 1. The summed E-state index contributed by atoms with van der Waals surface area (Å²) >= 11 is 1.63. The largest absolute Gasteiger partial charge is 0.335 e. The minimum atomic E-state index is 0.285. The van der Waals surface area contributed by atoms with Gasteiger partial charge in [0.15, 0.2) is 0 Å². The molecule has 19 heavy (non-hydrogen) atoms. The molecular weight excluding hydrogens is 256 g/mol. The first-order valence-corrected chi connectivity index (χ1v) is 8.31. The molecule has 3 nitrogen and oxygen atoms in total. The number of hydrogen-bond acceptors (Lipinski definition) is 3. The highest BCUT2D eigenvalue weighted by Crippen LogP contribution is 2.43. The van der Waals surface area contributed by atoms with E-state index in [0.717, 1.165) is 37.1 Å². The van der Waals surface area contributed by atoms with Gasteiger partial charge in [0.1, 0.15) is 0 Å². The smallest absolute Gasteiger partial charge is 0.264 e. The molecular formula is C15H20N2OS. The maximum Gasteiger partial charge on any atom is 0.264 e. The summed E-state index contributed by atoms with van der Waals surface area (Å²) in [4.78, 5) is 18.3. The summed E-state index contributed by atoms with van der Waals surface area (Å²) in [6.45, 7) is 3.97. The number of hydrogen-bond donors (Lipinski definition) is 0. The van der Waals surface area contributed by atoms with Crippen LogP contribution in [0.4, 0.5) is 0 Å². The van der Waals surface area contributed by atoms with Crippen LogP contribution in [0.3, 0.4) is 0 Å². The molecule has 3 aliphatic rings. The monoisotopic (exact) mass is 276 g/mol. The SMILES string of the molecule is O=C(c1sccc1C1CC1)N1CCN(C2CC2)CC1. The summed E-state index contributed by atoms with van der Waals surface area (Å²) < 4.78 is 0. The van der Waals surface area contributed by atoms with Crippen LogP contribution in [0.5, 0.6) is 0 Å². The number of amides is 1. The molecule has 0 unspecified atom stereocenters. The molecule has 1 aromatic heterocycles. The Morgan fingerprint density at radius 3 is 2.47 bits per heavy atom.